The van der Waals surface area contributed by atoms with Crippen LogP contribution in [0, 0.1) is 59.2 Å². The Balaban J connectivity index is 0.000000236. The Labute approximate surface area is 838 Å². The van der Waals surface area contributed by atoms with Crippen LogP contribution < -0.4 is 14.8 Å². The fourth-order valence-electron chi connectivity index (χ4n) is 20.0. The topological polar surface area (TPSA) is 314 Å². The summed E-state index contributed by atoms with van der Waals surface area (Å²) in [6, 6.07) is 42.5. The summed E-state index contributed by atoms with van der Waals surface area (Å²) in [6.07, 6.45) is 37.6. The van der Waals surface area contributed by atoms with Crippen molar-refractivity contribution in [2.45, 2.75) is 346 Å². The van der Waals surface area contributed by atoms with Gasteiger partial charge >= 0.3 is 17.9 Å². The molecule has 5 saturated carbocycles. The Morgan fingerprint density at radius 3 is 0.978 bits per heavy atom. The van der Waals surface area contributed by atoms with Crippen molar-refractivity contribution < 1.29 is 89.5 Å². The van der Waals surface area contributed by atoms with Crippen LogP contribution in [0.5, 0.6) is 11.5 Å². The van der Waals surface area contributed by atoms with Gasteiger partial charge in [0, 0.05) is 33.0 Å². The van der Waals surface area contributed by atoms with Gasteiger partial charge in [0.25, 0.3) is 5.91 Å². The number of fused-ring (bicyclic) bond motifs is 1. The largest absolute Gasteiger partial charge is 0.484 e. The van der Waals surface area contributed by atoms with E-state index in [1.807, 2.05) is 155 Å². The normalized spacial score (nSPS) is 21.4. The van der Waals surface area contributed by atoms with Crippen molar-refractivity contribution >= 4 is 84.0 Å². The fraction of sp³-hybridized carbons (Fsp3) is 0.679. The van der Waals surface area contributed by atoms with E-state index in [9.17, 15) is 61.3 Å². The van der Waals surface area contributed by atoms with E-state index < -0.39 is 55.2 Å². The van der Waals surface area contributed by atoms with Crippen LogP contribution in [0.15, 0.2) is 132 Å². The number of hydrogen-bond donors (Lipinski definition) is 1. The van der Waals surface area contributed by atoms with Gasteiger partial charge in [0.15, 0.2) is 62.4 Å². The number of benzene rings is 5. The lowest BCUT2D eigenvalue weighted by molar-refractivity contribution is -0.177. The van der Waals surface area contributed by atoms with Crippen LogP contribution in [0.25, 0.3) is 11.0 Å². The van der Waals surface area contributed by atoms with Gasteiger partial charge in [-0.2, -0.15) is 0 Å². The summed E-state index contributed by atoms with van der Waals surface area (Å²) in [5.74, 6) is 8.48. The molecule has 6 aromatic rings. The minimum Gasteiger partial charge on any atom is -0.484 e. The number of likely N-dealkylation sites (N-methyl/N-ethyl adjacent to an activating group) is 1. The Bertz CT molecular complexity index is 5050. The highest BCUT2D eigenvalue weighted by Gasteiger charge is 2.35. The van der Waals surface area contributed by atoms with Crippen molar-refractivity contribution in [3.05, 3.63) is 167 Å². The number of hydroxylamine groups is 2. The van der Waals surface area contributed by atoms with Crippen LogP contribution in [0.3, 0.4) is 0 Å². The van der Waals surface area contributed by atoms with Crippen molar-refractivity contribution in [1.82, 2.24) is 10.4 Å². The van der Waals surface area contributed by atoms with E-state index in [2.05, 4.69) is 58.6 Å². The number of hydrogen-bond acceptors (Lipinski definition) is 21. The molecule has 0 radical (unpaired) electrons. The molecule has 27 heteroatoms. The highest BCUT2D eigenvalue weighted by molar-refractivity contribution is 7.93. The molecule has 782 valence electrons. The molecule has 5 atom stereocenters. The predicted molar refractivity (Wildman–Crippen MR) is 564 cm³/mol. The first kappa shape index (κ1) is 119. The number of methoxy groups -OCH3 is 1. The molecule has 0 bridgehead atoms. The number of aryl methyl sites for hydroxylation is 5. The van der Waals surface area contributed by atoms with Crippen LogP contribution in [0.2, 0.25) is 0 Å². The third kappa shape index (κ3) is 44.1. The summed E-state index contributed by atoms with van der Waals surface area (Å²) in [4.78, 5) is 51.0. The number of sulfone groups is 5. The smallest absolute Gasteiger partial charge is 0.343 e. The van der Waals surface area contributed by atoms with Gasteiger partial charge in [0.2, 0.25) is 0 Å². The van der Waals surface area contributed by atoms with E-state index in [1.165, 1.54) is 59.1 Å². The van der Waals surface area contributed by atoms with Crippen molar-refractivity contribution in [3.8, 4) is 11.5 Å². The van der Waals surface area contributed by atoms with Gasteiger partial charge in [-0.3, -0.25) is 9.59 Å². The molecule has 0 aliphatic heterocycles. The molecule has 139 heavy (non-hydrogen) atoms. The van der Waals surface area contributed by atoms with E-state index in [-0.39, 0.29) is 63.7 Å². The Morgan fingerprint density at radius 1 is 0.360 bits per heavy atom. The average molecular weight is 2030 g/mol. The zero-order valence-corrected chi connectivity index (χ0v) is 91.0. The van der Waals surface area contributed by atoms with E-state index in [4.69, 9.17) is 23.5 Å². The van der Waals surface area contributed by atoms with Gasteiger partial charge in [-0.25, -0.2) is 51.7 Å². The number of nitrogens with one attached hydrogen (secondary N) is 1. The van der Waals surface area contributed by atoms with Crippen LogP contribution in [-0.2, 0) is 128 Å². The van der Waals surface area contributed by atoms with Gasteiger partial charge in [0.05, 0.1) is 81.6 Å². The van der Waals surface area contributed by atoms with Crippen molar-refractivity contribution in [1.29, 1.82) is 0 Å². The SMILES string of the molecule is CCC(C)S(=O)(=O)CC1CCC(CCCc2cc3ccccc3o2)CC1.CCC(C)S(=O)(=O)CC1CCC(CCc2cccc(CC(=O)ON(C)C)c2)CC1.CCC(C)S(=O)(=O)CC1CCC(CCc2cccc(OCC(=O)NC)c2)CC1.CCC(C)S(=O)(=O)CC1CCC(CCc2cccc(OCC(=O)OC)c2)CC1.CCOC(=O)Cc1cccc(CCC2CCC(CS(=O)(=O)C(C)CC)CC2)c1. The van der Waals surface area contributed by atoms with Gasteiger partial charge in [-0.1, -0.05) is 196 Å². The van der Waals surface area contributed by atoms with Crippen LogP contribution >= 0.6 is 0 Å². The molecule has 5 aromatic carbocycles. The summed E-state index contributed by atoms with van der Waals surface area (Å²) in [7, 11) is -8.35. The molecule has 0 spiro atoms. The average Bonchev–Trinajstić information content (AvgIpc) is 1.65. The first-order chi connectivity index (χ1) is 66.2. The maximum absolute atomic E-state index is 12.4. The summed E-state index contributed by atoms with van der Waals surface area (Å²) >= 11 is 0. The molecule has 11 rings (SSSR count). The Morgan fingerprint density at radius 2 is 0.662 bits per heavy atom. The summed E-state index contributed by atoms with van der Waals surface area (Å²) in [5, 5.41) is 4.07. The molecule has 1 heterocycles. The van der Waals surface area contributed by atoms with Gasteiger partial charge < -0.3 is 33.5 Å². The number of carbonyl (C=O) groups is 4. The molecular formula is C112H174N2O20S5. The van der Waals surface area contributed by atoms with E-state index in [1.54, 1.807) is 21.1 Å². The molecule has 1 amide bonds. The third-order valence-corrected chi connectivity index (χ3v) is 42.8. The van der Waals surface area contributed by atoms with Crippen molar-refractivity contribution in [2.24, 2.45) is 59.2 Å². The first-order valence-corrected chi connectivity index (χ1v) is 61.2. The third-order valence-electron chi connectivity index (χ3n) is 30.3. The number of para-hydroxylation sites is 1. The lowest BCUT2D eigenvalue weighted by Crippen LogP contribution is -2.27. The first-order valence-electron chi connectivity index (χ1n) is 52.6. The number of rotatable bonds is 48. The summed E-state index contributed by atoms with van der Waals surface area (Å²) in [5.41, 5.74) is 7.90. The highest BCUT2D eigenvalue weighted by atomic mass is 32.2. The van der Waals surface area contributed by atoms with Crippen LogP contribution in [-0.4, -0.2) is 174 Å². The van der Waals surface area contributed by atoms with Crippen LogP contribution in [0.1, 0.15) is 314 Å². The number of esters is 2. The lowest BCUT2D eigenvalue weighted by Gasteiger charge is -2.29. The zero-order chi connectivity index (χ0) is 102. The molecule has 5 aliphatic carbocycles. The molecule has 5 unspecified atom stereocenters. The molecule has 1 aromatic heterocycles. The predicted octanol–water partition coefficient (Wildman–Crippen LogP) is 22.7. The summed E-state index contributed by atoms with van der Waals surface area (Å²) in [6.45, 7) is 21.1. The quantitative estimate of drug-likeness (QED) is 0.0274. The second-order valence-corrected chi connectivity index (χ2v) is 53.5. The fourth-order valence-corrected chi connectivity index (χ4v) is 29.1. The second kappa shape index (κ2) is 61.2. The molecule has 22 nitrogen and oxygen atoms in total. The minimum absolute atomic E-state index is 0.0313. The standard InChI is InChI=1S/C23H37NO4S.C23H36O4S.C22H35NO4S.C22H34O5S.C22H32O3S/c1-5-18(2)29(26,27)17-21-13-10-19(11-14-21)9-12-20-7-6-8-22(15-20)16-23(25)28-24(3)4;1-4-18(3)28(25,26)17-21-13-10-19(11-14-21)9-12-20-7-6-8-22(15-20)16-23(24)27-5-2;1-4-17(2)28(25,26)16-20-12-9-18(10-13-20)8-11-19-6-5-7-21(14-19)27-15-22(24)23-3;1-4-17(2)28(24,25)16-20-12-9-18(10-13-20)8-11-19-6-5-7-21(14-19)27-15-22(23)26-3;1-3-17(2)26(23,24)16-19-13-11-18(12-14-19)7-6-9-21-15-20-8-4-5-10-22(20)25-21/h6-8,15,18-19,21H,5,9-14,16-17H2,1-4H3;6-8,15,18-19,21H,4-5,9-14,16-17H2,1-3H3;5-7,14,17-18,20H,4,8-13,15-16H2,1-3H3,(H,23,24);5-7,14,17-18,20H,4,8-13,15-16H2,1-3H3;4-5,8,10,15,17-19H,3,6-7,9,11-14,16H2,1-2H3. The number of furan rings is 1. The maximum Gasteiger partial charge on any atom is 0.343 e. The van der Waals surface area contributed by atoms with Gasteiger partial charge in [-0.15, -0.1) is 5.06 Å². The van der Waals surface area contributed by atoms with Crippen molar-refractivity contribution in [3.63, 3.8) is 0 Å². The van der Waals surface area contributed by atoms with Crippen molar-refractivity contribution in [2.75, 3.05) is 76.8 Å². The molecule has 0 saturated heterocycles. The molecular weight excluding hydrogens is 1850 g/mol. The summed E-state index contributed by atoms with van der Waals surface area (Å²) < 4.78 is 150. The van der Waals surface area contributed by atoms with Crippen LogP contribution in [0.4, 0.5) is 0 Å². The minimum atomic E-state index is -2.95. The number of carbonyl (C=O) groups excluding carboxylic acids is 4. The monoisotopic (exact) mass is 2030 g/mol. The van der Waals surface area contributed by atoms with Gasteiger partial charge in [0.1, 0.15) is 22.8 Å². The Hall–Kier alpha value is -7.17. The maximum atomic E-state index is 12.4. The Kier molecular flexibility index (Phi) is 52.3. The second-order valence-electron chi connectivity index (χ2n) is 41.2. The molecule has 5 aliphatic rings. The van der Waals surface area contributed by atoms with E-state index >= 15 is 0 Å². The molecule has 1 N–H and O–H groups in total. The number of nitrogens with zero attached hydrogens (tertiary/aromatic N) is 1. The number of amides is 1. The highest BCUT2D eigenvalue weighted by Crippen LogP contribution is 2.40. The van der Waals surface area contributed by atoms with Gasteiger partial charge in [-0.05, 0) is 325 Å². The number of ether oxygens (including phenoxy) is 4. The molecule has 5 fully saturated rings. The van der Waals surface area contributed by atoms with E-state index in [0.717, 1.165) is 220 Å². The lowest BCUT2D eigenvalue weighted by atomic mass is 9.80. The van der Waals surface area contributed by atoms with E-state index in [0.29, 0.717) is 126 Å². The zero-order valence-electron chi connectivity index (χ0n) is 87.0.